The zero-order valence-corrected chi connectivity index (χ0v) is 13.1. The van der Waals surface area contributed by atoms with Crippen LogP contribution in [0.15, 0.2) is 11.8 Å². The first-order valence-corrected chi connectivity index (χ1v) is 7.08. The van der Waals surface area contributed by atoms with Crippen LogP contribution in [0.4, 0.5) is 0 Å². The third-order valence-electron chi connectivity index (χ3n) is 2.59. The van der Waals surface area contributed by atoms with Crippen molar-refractivity contribution in [2.75, 3.05) is 0 Å². The van der Waals surface area contributed by atoms with Crippen molar-refractivity contribution in [2.45, 2.75) is 59.8 Å². The summed E-state index contributed by atoms with van der Waals surface area (Å²) < 4.78 is 4.68. The molecule has 0 amide bonds. The molecule has 0 aromatic carbocycles. The maximum Gasteiger partial charge on any atom is 0.385 e. The van der Waals surface area contributed by atoms with E-state index < -0.39 is 17.9 Å². The lowest BCUT2D eigenvalue weighted by molar-refractivity contribution is -0.254. The Morgan fingerprint density at radius 1 is 0.952 bits per heavy atom. The summed E-state index contributed by atoms with van der Waals surface area (Å²) in [4.78, 5) is 41.6. The van der Waals surface area contributed by atoms with Gasteiger partial charge in [0.2, 0.25) is 0 Å². The Morgan fingerprint density at radius 3 is 2.14 bits per heavy atom. The van der Waals surface area contributed by atoms with Gasteiger partial charge in [-0.25, -0.2) is 19.4 Å². The lowest BCUT2D eigenvalue weighted by atomic mass is 10.0. The number of carbonyl (C=O) groups excluding carboxylic acids is 3. The van der Waals surface area contributed by atoms with Crippen LogP contribution in [0.25, 0.3) is 0 Å². The second-order valence-electron chi connectivity index (χ2n) is 5.19. The van der Waals surface area contributed by atoms with Crippen LogP contribution >= 0.6 is 0 Å². The van der Waals surface area contributed by atoms with E-state index in [2.05, 4.69) is 28.4 Å². The van der Waals surface area contributed by atoms with Crippen molar-refractivity contribution in [1.82, 2.24) is 0 Å². The van der Waals surface area contributed by atoms with E-state index in [0.717, 1.165) is 38.9 Å². The molecular formula is C15H24O6. The number of esters is 1. The minimum Gasteiger partial charge on any atom is -0.434 e. The molecule has 0 fully saturated rings. The minimum atomic E-state index is -0.824. The topological polar surface area (TPSA) is 78.9 Å². The Bertz CT molecular complexity index is 384. The van der Waals surface area contributed by atoms with Crippen LogP contribution in [-0.2, 0) is 28.9 Å². The van der Waals surface area contributed by atoms with Crippen LogP contribution in [0, 0.1) is 5.92 Å². The number of rotatable bonds is 8. The predicted molar refractivity (Wildman–Crippen MR) is 75.6 cm³/mol. The molecule has 0 saturated carbocycles. The second kappa shape index (κ2) is 10.9. The molecule has 0 spiro atoms. The number of carbonyl (C=O) groups is 3. The van der Waals surface area contributed by atoms with Gasteiger partial charge in [-0.2, -0.15) is 0 Å². The maximum absolute atomic E-state index is 11.7. The molecule has 0 radical (unpaired) electrons. The molecule has 0 aliphatic rings. The molecule has 21 heavy (non-hydrogen) atoms. The van der Waals surface area contributed by atoms with Crippen molar-refractivity contribution < 1.29 is 28.9 Å². The second-order valence-corrected chi connectivity index (χ2v) is 5.19. The summed E-state index contributed by atoms with van der Waals surface area (Å²) in [6, 6.07) is 0. The van der Waals surface area contributed by atoms with Crippen molar-refractivity contribution in [3.05, 3.63) is 11.8 Å². The summed E-state index contributed by atoms with van der Waals surface area (Å²) in [5.74, 6) is -1.44. The Kier molecular flexibility index (Phi) is 9.92. The van der Waals surface area contributed by atoms with E-state index in [1.165, 1.54) is 6.92 Å². The normalized spacial score (nSPS) is 11.2. The first kappa shape index (κ1) is 19.1. The molecular weight excluding hydrogens is 276 g/mol. The van der Waals surface area contributed by atoms with Crippen LogP contribution in [0.2, 0.25) is 0 Å². The van der Waals surface area contributed by atoms with Gasteiger partial charge in [0.05, 0.1) is 5.57 Å². The SMILES string of the molecule is CC(=O)O/C=C(\CCCCCC(C)C)C(=O)OOC(C)=O. The van der Waals surface area contributed by atoms with Gasteiger partial charge in [0.25, 0.3) is 0 Å². The van der Waals surface area contributed by atoms with Crippen molar-refractivity contribution in [1.29, 1.82) is 0 Å². The van der Waals surface area contributed by atoms with Crippen LogP contribution in [-0.4, -0.2) is 17.9 Å². The Labute approximate surface area is 125 Å². The van der Waals surface area contributed by atoms with E-state index in [1.54, 1.807) is 0 Å². The van der Waals surface area contributed by atoms with Crippen molar-refractivity contribution in [2.24, 2.45) is 5.92 Å². The highest BCUT2D eigenvalue weighted by molar-refractivity contribution is 5.88. The van der Waals surface area contributed by atoms with Crippen LogP contribution in [0.5, 0.6) is 0 Å². The molecule has 0 aliphatic carbocycles. The predicted octanol–water partition coefficient (Wildman–Crippen LogP) is 3.06. The van der Waals surface area contributed by atoms with E-state index in [4.69, 9.17) is 0 Å². The van der Waals surface area contributed by atoms with Gasteiger partial charge >= 0.3 is 17.9 Å². The van der Waals surface area contributed by atoms with Gasteiger partial charge in [-0.15, -0.1) is 0 Å². The average molecular weight is 300 g/mol. The quantitative estimate of drug-likeness (QED) is 0.171. The summed E-state index contributed by atoms with van der Waals surface area (Å²) in [5, 5.41) is 0. The highest BCUT2D eigenvalue weighted by atomic mass is 17.2. The van der Waals surface area contributed by atoms with E-state index in [-0.39, 0.29) is 5.57 Å². The van der Waals surface area contributed by atoms with Gasteiger partial charge < -0.3 is 4.74 Å². The molecule has 6 nitrogen and oxygen atoms in total. The molecule has 0 aromatic heterocycles. The Balaban J connectivity index is 4.32. The zero-order chi connectivity index (χ0) is 16.3. The van der Waals surface area contributed by atoms with E-state index in [9.17, 15) is 14.4 Å². The number of ether oxygens (including phenoxy) is 1. The molecule has 0 unspecified atom stereocenters. The molecule has 0 aliphatic heterocycles. The van der Waals surface area contributed by atoms with Gasteiger partial charge in [-0.1, -0.05) is 33.1 Å². The van der Waals surface area contributed by atoms with Gasteiger partial charge in [-0.05, 0) is 18.8 Å². The van der Waals surface area contributed by atoms with Gasteiger partial charge in [0.15, 0.2) is 0 Å². The molecule has 0 N–H and O–H groups in total. The zero-order valence-electron chi connectivity index (χ0n) is 13.1. The fraction of sp³-hybridized carbons (Fsp3) is 0.667. The van der Waals surface area contributed by atoms with Crippen molar-refractivity contribution in [3.63, 3.8) is 0 Å². The molecule has 0 aromatic rings. The Morgan fingerprint density at radius 2 is 1.62 bits per heavy atom. The number of hydrogen-bond acceptors (Lipinski definition) is 6. The molecule has 0 heterocycles. The average Bonchev–Trinajstić information content (AvgIpc) is 2.38. The lowest BCUT2D eigenvalue weighted by Crippen LogP contribution is -2.12. The summed E-state index contributed by atoms with van der Waals surface area (Å²) >= 11 is 0. The smallest absolute Gasteiger partial charge is 0.385 e. The Hall–Kier alpha value is -1.85. The van der Waals surface area contributed by atoms with Crippen LogP contribution in [0.1, 0.15) is 59.8 Å². The van der Waals surface area contributed by atoms with E-state index in [0.29, 0.717) is 12.3 Å². The molecule has 120 valence electrons. The third kappa shape index (κ3) is 11.7. The lowest BCUT2D eigenvalue weighted by Gasteiger charge is -2.07. The van der Waals surface area contributed by atoms with Crippen LogP contribution in [0.3, 0.4) is 0 Å². The first-order valence-electron chi connectivity index (χ1n) is 7.08. The summed E-state index contributed by atoms with van der Waals surface area (Å²) in [6.45, 7) is 6.66. The fourth-order valence-electron chi connectivity index (χ4n) is 1.56. The van der Waals surface area contributed by atoms with Crippen LogP contribution < -0.4 is 0 Å². The fourth-order valence-corrected chi connectivity index (χ4v) is 1.56. The largest absolute Gasteiger partial charge is 0.434 e. The molecule has 0 bridgehead atoms. The summed E-state index contributed by atoms with van der Waals surface area (Å²) in [7, 11) is 0. The number of hydrogen-bond donors (Lipinski definition) is 0. The van der Waals surface area contributed by atoms with E-state index in [1.807, 2.05) is 0 Å². The minimum absolute atomic E-state index is 0.163. The van der Waals surface area contributed by atoms with Gasteiger partial charge in [-0.3, -0.25) is 4.79 Å². The van der Waals surface area contributed by atoms with Crippen molar-refractivity contribution in [3.8, 4) is 0 Å². The summed E-state index contributed by atoms with van der Waals surface area (Å²) in [5.41, 5.74) is 0.163. The van der Waals surface area contributed by atoms with Gasteiger partial charge in [0, 0.05) is 13.8 Å². The van der Waals surface area contributed by atoms with E-state index >= 15 is 0 Å². The first-order chi connectivity index (χ1) is 9.82. The molecule has 0 saturated heterocycles. The maximum atomic E-state index is 11.7. The monoisotopic (exact) mass is 300 g/mol. The molecule has 6 heteroatoms. The van der Waals surface area contributed by atoms with Gasteiger partial charge in [0.1, 0.15) is 6.26 Å². The summed E-state index contributed by atoms with van der Waals surface area (Å²) in [6.07, 6.45) is 5.35. The van der Waals surface area contributed by atoms with Crippen molar-refractivity contribution >= 4 is 17.9 Å². The molecule has 0 atom stereocenters. The number of unbranched alkanes of at least 4 members (excludes halogenated alkanes) is 2. The highest BCUT2D eigenvalue weighted by Gasteiger charge is 2.15. The molecule has 0 rings (SSSR count). The third-order valence-corrected chi connectivity index (χ3v) is 2.59. The highest BCUT2D eigenvalue weighted by Crippen LogP contribution is 2.14. The standard InChI is InChI=1S/C15H24O6/c1-11(2)8-6-5-7-9-14(10-19-12(3)16)15(18)21-20-13(4)17/h10-11H,5-9H2,1-4H3/b14-10+.